The molecular formula is C10H8Cl2N4O2. The van der Waals surface area contributed by atoms with E-state index in [0.29, 0.717) is 22.8 Å². The molecule has 18 heavy (non-hydrogen) atoms. The zero-order chi connectivity index (χ0) is 13.3. The maximum atomic E-state index is 10.7. The largest absolute Gasteiger partial charge is 0.392 e. The maximum Gasteiger partial charge on any atom is 0.392 e. The summed E-state index contributed by atoms with van der Waals surface area (Å²) in [4.78, 5) is 14.0. The molecule has 0 atom stereocenters. The predicted molar refractivity (Wildman–Crippen MR) is 67.0 cm³/mol. The van der Waals surface area contributed by atoms with Gasteiger partial charge in [-0.3, -0.25) is 0 Å². The normalized spacial score (nSPS) is 10.6. The highest BCUT2D eigenvalue weighted by Crippen LogP contribution is 2.19. The zero-order valence-corrected chi connectivity index (χ0v) is 10.8. The summed E-state index contributed by atoms with van der Waals surface area (Å²) in [6.07, 6.45) is 1.59. The number of hydrogen-bond acceptors (Lipinski definition) is 4. The van der Waals surface area contributed by atoms with Crippen molar-refractivity contribution in [3.8, 4) is 0 Å². The Morgan fingerprint density at radius 2 is 2.17 bits per heavy atom. The average molecular weight is 287 g/mol. The van der Waals surface area contributed by atoms with E-state index in [1.54, 1.807) is 25.3 Å². The van der Waals surface area contributed by atoms with Crippen molar-refractivity contribution in [2.75, 3.05) is 0 Å². The summed E-state index contributed by atoms with van der Waals surface area (Å²) in [5, 5.41) is 15.1. The summed E-state index contributed by atoms with van der Waals surface area (Å²) in [5.41, 5.74) is 1.19. The minimum Gasteiger partial charge on any atom is -0.358 e. The first-order chi connectivity index (χ1) is 8.47. The van der Waals surface area contributed by atoms with Gasteiger partial charge in [-0.05, 0) is 17.9 Å². The molecule has 0 unspecified atom stereocenters. The van der Waals surface area contributed by atoms with E-state index in [1.807, 2.05) is 0 Å². The molecule has 94 valence electrons. The van der Waals surface area contributed by atoms with Crippen LogP contribution in [0.4, 0.5) is 5.82 Å². The Kier molecular flexibility index (Phi) is 3.49. The van der Waals surface area contributed by atoms with Crippen LogP contribution in [0.1, 0.15) is 11.1 Å². The summed E-state index contributed by atoms with van der Waals surface area (Å²) in [6.45, 7) is 1.93. The Balaban J connectivity index is 2.29. The van der Waals surface area contributed by atoms with Gasteiger partial charge in [0.05, 0.1) is 23.4 Å². The van der Waals surface area contributed by atoms with E-state index in [2.05, 4.69) is 10.1 Å². The molecule has 0 fully saturated rings. The Bertz CT molecular complexity index is 612. The Labute approximate surface area is 112 Å². The molecule has 8 heteroatoms. The van der Waals surface area contributed by atoms with Gasteiger partial charge in [0.1, 0.15) is 10.3 Å². The molecule has 0 bridgehead atoms. The molecule has 0 radical (unpaired) electrons. The van der Waals surface area contributed by atoms with Crippen LogP contribution in [0, 0.1) is 17.0 Å². The SMILES string of the molecule is Cc1cn(Cc2ccc(Cl)nc2Cl)nc1[N+](=O)[O-]. The molecule has 0 aliphatic rings. The number of halogens is 2. The fraction of sp³-hybridized carbons (Fsp3) is 0.200. The Morgan fingerprint density at radius 1 is 1.44 bits per heavy atom. The summed E-state index contributed by atoms with van der Waals surface area (Å²) in [6, 6.07) is 3.31. The molecule has 2 heterocycles. The minimum absolute atomic E-state index is 0.159. The van der Waals surface area contributed by atoms with Crippen molar-refractivity contribution in [1.29, 1.82) is 0 Å². The molecule has 2 aromatic heterocycles. The lowest BCUT2D eigenvalue weighted by molar-refractivity contribution is -0.390. The number of hydrogen-bond donors (Lipinski definition) is 0. The monoisotopic (exact) mass is 286 g/mol. The smallest absolute Gasteiger partial charge is 0.358 e. The van der Waals surface area contributed by atoms with Gasteiger partial charge in [0.25, 0.3) is 0 Å². The topological polar surface area (TPSA) is 73.8 Å². The van der Waals surface area contributed by atoms with Crippen molar-refractivity contribution in [1.82, 2.24) is 14.8 Å². The van der Waals surface area contributed by atoms with E-state index in [0.717, 1.165) is 0 Å². The molecule has 2 aromatic rings. The lowest BCUT2D eigenvalue weighted by atomic mass is 10.3. The van der Waals surface area contributed by atoms with Gasteiger partial charge >= 0.3 is 5.82 Å². The van der Waals surface area contributed by atoms with E-state index >= 15 is 0 Å². The number of aromatic nitrogens is 3. The Hall–Kier alpha value is -1.66. The second-order valence-electron chi connectivity index (χ2n) is 3.67. The average Bonchev–Trinajstić information content (AvgIpc) is 2.64. The van der Waals surface area contributed by atoms with Gasteiger partial charge in [0.15, 0.2) is 0 Å². The van der Waals surface area contributed by atoms with Gasteiger partial charge in [0, 0.05) is 5.56 Å². The van der Waals surface area contributed by atoms with Gasteiger partial charge in [-0.25, -0.2) is 4.98 Å². The highest BCUT2D eigenvalue weighted by Gasteiger charge is 2.17. The van der Waals surface area contributed by atoms with Gasteiger partial charge in [-0.1, -0.05) is 29.3 Å². The fourth-order valence-electron chi connectivity index (χ4n) is 1.51. The zero-order valence-electron chi connectivity index (χ0n) is 9.30. The van der Waals surface area contributed by atoms with E-state index in [9.17, 15) is 10.1 Å². The summed E-state index contributed by atoms with van der Waals surface area (Å²) in [5.74, 6) is -0.159. The van der Waals surface area contributed by atoms with Crippen molar-refractivity contribution >= 4 is 29.0 Å². The number of nitrogens with zero attached hydrogens (tertiary/aromatic N) is 4. The van der Waals surface area contributed by atoms with Crippen LogP contribution in [0.5, 0.6) is 0 Å². The molecule has 6 nitrogen and oxygen atoms in total. The quantitative estimate of drug-likeness (QED) is 0.494. The maximum absolute atomic E-state index is 10.7. The van der Waals surface area contributed by atoms with E-state index in [-0.39, 0.29) is 11.0 Å². The second kappa shape index (κ2) is 4.91. The van der Waals surface area contributed by atoms with Crippen LogP contribution in [0.2, 0.25) is 10.3 Å². The predicted octanol–water partition coefficient (Wildman–Crippen LogP) is 2.85. The molecular weight excluding hydrogens is 279 g/mol. The van der Waals surface area contributed by atoms with Crippen LogP contribution in [-0.2, 0) is 6.54 Å². The minimum atomic E-state index is -0.520. The van der Waals surface area contributed by atoms with Crippen molar-refractivity contribution in [3.63, 3.8) is 0 Å². The number of rotatable bonds is 3. The summed E-state index contributed by atoms with van der Waals surface area (Å²) < 4.78 is 1.45. The molecule has 0 N–H and O–H groups in total. The highest BCUT2D eigenvalue weighted by molar-refractivity contribution is 6.32. The van der Waals surface area contributed by atoms with E-state index in [1.165, 1.54) is 4.68 Å². The van der Waals surface area contributed by atoms with Gasteiger partial charge < -0.3 is 10.1 Å². The number of pyridine rings is 1. The third-order valence-corrected chi connectivity index (χ3v) is 2.85. The van der Waals surface area contributed by atoms with Gasteiger partial charge in [0.2, 0.25) is 0 Å². The van der Waals surface area contributed by atoms with Crippen molar-refractivity contribution in [3.05, 3.63) is 49.9 Å². The first-order valence-corrected chi connectivity index (χ1v) is 5.72. The standard InChI is InChI=1S/C10H8Cl2N4O2/c1-6-4-15(14-10(6)16(17)18)5-7-2-3-8(11)13-9(7)12/h2-4H,5H2,1H3. The summed E-state index contributed by atoms with van der Waals surface area (Å²) >= 11 is 11.6. The van der Waals surface area contributed by atoms with Crippen LogP contribution >= 0.6 is 23.2 Å². The molecule has 0 saturated heterocycles. The van der Waals surface area contributed by atoms with E-state index < -0.39 is 4.92 Å². The molecule has 0 saturated carbocycles. The van der Waals surface area contributed by atoms with Gasteiger partial charge in [-0.15, -0.1) is 0 Å². The van der Waals surface area contributed by atoms with Crippen molar-refractivity contribution in [2.24, 2.45) is 0 Å². The first kappa shape index (κ1) is 12.8. The van der Waals surface area contributed by atoms with Crippen LogP contribution in [0.3, 0.4) is 0 Å². The third kappa shape index (κ3) is 2.60. The fourth-order valence-corrected chi connectivity index (χ4v) is 1.91. The molecule has 0 aliphatic heterocycles. The van der Waals surface area contributed by atoms with Crippen molar-refractivity contribution < 1.29 is 4.92 Å². The molecule has 0 spiro atoms. The van der Waals surface area contributed by atoms with Crippen LogP contribution in [0.25, 0.3) is 0 Å². The molecule has 2 rings (SSSR count). The lowest BCUT2D eigenvalue weighted by Crippen LogP contribution is -2.02. The highest BCUT2D eigenvalue weighted by atomic mass is 35.5. The van der Waals surface area contributed by atoms with Gasteiger partial charge in [-0.2, -0.15) is 4.68 Å². The first-order valence-electron chi connectivity index (χ1n) is 4.96. The van der Waals surface area contributed by atoms with Crippen LogP contribution < -0.4 is 0 Å². The third-order valence-electron chi connectivity index (χ3n) is 2.32. The number of aryl methyl sites for hydroxylation is 1. The van der Waals surface area contributed by atoms with E-state index in [4.69, 9.17) is 23.2 Å². The molecule has 0 aromatic carbocycles. The van der Waals surface area contributed by atoms with Crippen LogP contribution in [-0.4, -0.2) is 19.7 Å². The number of nitro groups is 1. The van der Waals surface area contributed by atoms with Crippen LogP contribution in [0.15, 0.2) is 18.3 Å². The second-order valence-corrected chi connectivity index (χ2v) is 4.42. The summed E-state index contributed by atoms with van der Waals surface area (Å²) in [7, 11) is 0. The molecule has 0 aliphatic carbocycles. The Morgan fingerprint density at radius 3 is 2.72 bits per heavy atom. The lowest BCUT2D eigenvalue weighted by Gasteiger charge is -2.01. The van der Waals surface area contributed by atoms with Crippen molar-refractivity contribution in [2.45, 2.75) is 13.5 Å². The molecule has 0 amide bonds.